The fraction of sp³-hybridized carbons (Fsp3) is 0.143. The first kappa shape index (κ1) is 9.85. The van der Waals surface area contributed by atoms with Crippen molar-refractivity contribution in [2.45, 2.75) is 6.43 Å². The molecule has 0 amide bonds. The number of hydrogen-bond acceptors (Lipinski definition) is 2. The molecule has 0 atom stereocenters. The van der Waals surface area contributed by atoms with E-state index < -0.39 is 22.6 Å². The molecule has 1 rings (SSSR count). The van der Waals surface area contributed by atoms with E-state index in [1.165, 1.54) is 0 Å². The third-order valence-electron chi connectivity index (χ3n) is 1.45. The van der Waals surface area contributed by atoms with Crippen LogP contribution in [-0.4, -0.2) is 11.3 Å². The largest absolute Gasteiger partial charge is 0.327 e. The topological polar surface area (TPSA) is 49.9 Å². The second kappa shape index (κ2) is 3.66. The Bertz CT molecular complexity index is 389. The predicted octanol–water partition coefficient (Wildman–Crippen LogP) is 1.78. The van der Waals surface area contributed by atoms with Crippen LogP contribution in [0.1, 0.15) is 22.3 Å². The van der Waals surface area contributed by atoms with E-state index in [4.69, 9.17) is 11.6 Å². The van der Waals surface area contributed by atoms with E-state index in [0.717, 1.165) is 6.20 Å². The molecule has 1 heterocycles. The van der Waals surface area contributed by atoms with Gasteiger partial charge in [0.15, 0.2) is 6.29 Å². The Morgan fingerprint density at radius 2 is 2.15 bits per heavy atom. The summed E-state index contributed by atoms with van der Waals surface area (Å²) in [5.74, 6) is 0. The van der Waals surface area contributed by atoms with Crippen molar-refractivity contribution in [3.63, 3.8) is 0 Å². The average Bonchev–Trinajstić information content (AvgIpc) is 2.08. The second-order valence-electron chi connectivity index (χ2n) is 2.22. The predicted molar refractivity (Wildman–Crippen MR) is 42.4 cm³/mol. The number of carbonyl (C=O) groups is 1. The van der Waals surface area contributed by atoms with E-state index in [9.17, 15) is 18.4 Å². The van der Waals surface area contributed by atoms with Crippen LogP contribution < -0.4 is 5.56 Å². The molecular weight excluding hydrogens is 204 g/mol. The van der Waals surface area contributed by atoms with Crippen molar-refractivity contribution in [3.8, 4) is 0 Å². The molecule has 0 spiro atoms. The number of aromatic amines is 1. The number of aromatic nitrogens is 1. The molecule has 1 aromatic heterocycles. The van der Waals surface area contributed by atoms with Gasteiger partial charge in [0.1, 0.15) is 5.02 Å². The Labute approximate surface area is 76.3 Å². The Hall–Kier alpha value is -1.23. The summed E-state index contributed by atoms with van der Waals surface area (Å²) >= 11 is 5.29. The molecule has 6 heteroatoms. The zero-order valence-electron chi connectivity index (χ0n) is 6.18. The summed E-state index contributed by atoms with van der Waals surface area (Å²) in [5, 5.41) is -0.639. The van der Waals surface area contributed by atoms with Gasteiger partial charge in [-0.25, -0.2) is 8.78 Å². The fourth-order valence-electron chi connectivity index (χ4n) is 0.853. The number of aldehydes is 1. The highest BCUT2D eigenvalue weighted by molar-refractivity contribution is 6.31. The quantitative estimate of drug-likeness (QED) is 0.752. The van der Waals surface area contributed by atoms with E-state index in [2.05, 4.69) is 4.98 Å². The van der Waals surface area contributed by atoms with Crippen molar-refractivity contribution >= 4 is 17.9 Å². The molecule has 0 aliphatic heterocycles. The summed E-state index contributed by atoms with van der Waals surface area (Å²) in [6.45, 7) is 0. The van der Waals surface area contributed by atoms with Gasteiger partial charge in [-0.05, 0) is 0 Å². The van der Waals surface area contributed by atoms with Crippen molar-refractivity contribution < 1.29 is 13.6 Å². The van der Waals surface area contributed by atoms with Crippen molar-refractivity contribution in [2.24, 2.45) is 0 Å². The molecule has 0 fully saturated rings. The van der Waals surface area contributed by atoms with Crippen LogP contribution in [-0.2, 0) is 0 Å². The molecule has 0 aromatic carbocycles. The second-order valence-corrected chi connectivity index (χ2v) is 2.60. The first-order valence-electron chi connectivity index (χ1n) is 3.22. The molecule has 70 valence electrons. The molecule has 3 nitrogen and oxygen atoms in total. The minimum atomic E-state index is -2.94. The lowest BCUT2D eigenvalue weighted by Gasteiger charge is -2.03. The Morgan fingerprint density at radius 3 is 2.62 bits per heavy atom. The number of pyridine rings is 1. The number of carbonyl (C=O) groups excluding carboxylic acids is 1. The zero-order chi connectivity index (χ0) is 10.0. The zero-order valence-corrected chi connectivity index (χ0v) is 6.94. The van der Waals surface area contributed by atoms with Gasteiger partial charge in [0, 0.05) is 11.8 Å². The fourth-order valence-corrected chi connectivity index (χ4v) is 1.10. The van der Waals surface area contributed by atoms with E-state index >= 15 is 0 Å². The summed E-state index contributed by atoms with van der Waals surface area (Å²) in [5.41, 5.74) is -1.86. The third-order valence-corrected chi connectivity index (χ3v) is 1.83. The Morgan fingerprint density at radius 1 is 1.54 bits per heavy atom. The van der Waals surface area contributed by atoms with Crippen molar-refractivity contribution in [3.05, 3.63) is 32.7 Å². The molecule has 0 radical (unpaired) electrons. The van der Waals surface area contributed by atoms with Gasteiger partial charge in [-0.15, -0.1) is 0 Å². The third kappa shape index (κ3) is 1.75. The summed E-state index contributed by atoms with van der Waals surface area (Å²) in [7, 11) is 0. The van der Waals surface area contributed by atoms with Crippen LogP contribution in [0.4, 0.5) is 8.78 Å². The lowest BCUT2D eigenvalue weighted by Crippen LogP contribution is -2.11. The normalized spacial score (nSPS) is 10.5. The van der Waals surface area contributed by atoms with E-state index in [1.807, 2.05) is 0 Å². The standard InChI is InChI=1S/C7H4ClF2NO2/c8-5-4(6(9)10)3(2-12)1-11-7(5)13/h1-2,6H,(H,11,13). The van der Waals surface area contributed by atoms with E-state index in [0.29, 0.717) is 0 Å². The van der Waals surface area contributed by atoms with Gasteiger partial charge in [0.05, 0.1) is 5.56 Å². The van der Waals surface area contributed by atoms with Crippen LogP contribution in [0.5, 0.6) is 0 Å². The number of rotatable bonds is 2. The number of halogens is 3. The van der Waals surface area contributed by atoms with Gasteiger partial charge in [0.25, 0.3) is 12.0 Å². The van der Waals surface area contributed by atoms with Crippen LogP contribution in [0.2, 0.25) is 5.02 Å². The maximum absolute atomic E-state index is 12.3. The smallest absolute Gasteiger partial charge is 0.267 e. The van der Waals surface area contributed by atoms with Crippen molar-refractivity contribution in [2.75, 3.05) is 0 Å². The number of alkyl halides is 2. The molecule has 0 saturated carbocycles. The number of hydrogen-bond donors (Lipinski definition) is 1. The molecule has 0 saturated heterocycles. The van der Waals surface area contributed by atoms with Crippen molar-refractivity contribution in [1.29, 1.82) is 0 Å². The van der Waals surface area contributed by atoms with Crippen LogP contribution in [0.25, 0.3) is 0 Å². The molecule has 1 N–H and O–H groups in total. The molecule has 1 aromatic rings. The first-order valence-corrected chi connectivity index (χ1v) is 3.60. The van der Waals surface area contributed by atoms with Gasteiger partial charge >= 0.3 is 0 Å². The first-order chi connectivity index (χ1) is 6.07. The minimum Gasteiger partial charge on any atom is -0.327 e. The molecule has 0 aliphatic carbocycles. The maximum atomic E-state index is 12.3. The van der Waals surface area contributed by atoms with E-state index in [-0.39, 0.29) is 11.8 Å². The SMILES string of the molecule is O=Cc1c[nH]c(=O)c(Cl)c1C(F)F. The van der Waals surface area contributed by atoms with Gasteiger partial charge in [-0.1, -0.05) is 11.6 Å². The van der Waals surface area contributed by atoms with Crippen LogP contribution in [0, 0.1) is 0 Å². The summed E-state index contributed by atoms with van der Waals surface area (Å²) in [4.78, 5) is 23.1. The van der Waals surface area contributed by atoms with Crippen LogP contribution in [0.15, 0.2) is 11.0 Å². The van der Waals surface area contributed by atoms with Crippen molar-refractivity contribution in [1.82, 2.24) is 4.98 Å². The molecule has 13 heavy (non-hydrogen) atoms. The highest BCUT2D eigenvalue weighted by Gasteiger charge is 2.18. The molecule has 0 unspecified atom stereocenters. The number of H-pyrrole nitrogens is 1. The summed E-state index contributed by atoms with van der Waals surface area (Å²) in [6.07, 6.45) is -1.82. The molecular formula is C7H4ClF2NO2. The molecule has 0 bridgehead atoms. The van der Waals surface area contributed by atoms with Gasteiger partial charge < -0.3 is 4.98 Å². The highest BCUT2D eigenvalue weighted by Crippen LogP contribution is 2.26. The Kier molecular flexibility index (Phi) is 2.77. The van der Waals surface area contributed by atoms with Gasteiger partial charge in [0.2, 0.25) is 0 Å². The van der Waals surface area contributed by atoms with Crippen LogP contribution in [0.3, 0.4) is 0 Å². The van der Waals surface area contributed by atoms with Gasteiger partial charge in [-0.2, -0.15) is 0 Å². The lowest BCUT2D eigenvalue weighted by molar-refractivity contribution is 0.110. The Balaban J connectivity index is 3.50. The summed E-state index contributed by atoms with van der Waals surface area (Å²) < 4.78 is 24.5. The average molecular weight is 208 g/mol. The minimum absolute atomic E-state index is 0.212. The van der Waals surface area contributed by atoms with E-state index in [1.54, 1.807) is 0 Å². The monoisotopic (exact) mass is 207 g/mol. The van der Waals surface area contributed by atoms with Crippen LogP contribution >= 0.6 is 11.6 Å². The highest BCUT2D eigenvalue weighted by atomic mass is 35.5. The van der Waals surface area contributed by atoms with Gasteiger partial charge in [-0.3, -0.25) is 9.59 Å². The number of nitrogens with one attached hydrogen (secondary N) is 1. The lowest BCUT2D eigenvalue weighted by atomic mass is 10.1. The maximum Gasteiger partial charge on any atom is 0.267 e. The summed E-state index contributed by atoms with van der Waals surface area (Å²) in [6, 6.07) is 0. The molecule has 0 aliphatic rings.